The zero-order valence-corrected chi connectivity index (χ0v) is 15.6. The molecule has 6 nitrogen and oxygen atoms in total. The van der Waals surface area contributed by atoms with Gasteiger partial charge in [0.2, 0.25) is 0 Å². The zero-order chi connectivity index (χ0) is 17.8. The zero-order valence-electron chi connectivity index (χ0n) is 14.8. The van der Waals surface area contributed by atoms with Gasteiger partial charge >= 0.3 is 0 Å². The number of thiazole rings is 1. The van der Waals surface area contributed by atoms with Gasteiger partial charge in [-0.2, -0.15) is 0 Å². The highest BCUT2D eigenvalue weighted by molar-refractivity contribution is 7.13. The molecule has 0 radical (unpaired) electrons. The fourth-order valence-corrected chi connectivity index (χ4v) is 4.19. The number of rotatable bonds is 4. The number of morpholine rings is 1. The van der Waals surface area contributed by atoms with Gasteiger partial charge < -0.3 is 15.0 Å². The maximum absolute atomic E-state index is 12.5. The lowest BCUT2D eigenvalue weighted by atomic mass is 10.2. The first-order valence-corrected chi connectivity index (χ1v) is 10.0. The van der Waals surface area contributed by atoms with Crippen LogP contribution >= 0.6 is 11.3 Å². The molecule has 0 spiro atoms. The van der Waals surface area contributed by atoms with E-state index in [0.717, 1.165) is 50.0 Å². The first-order chi connectivity index (χ1) is 12.8. The molecule has 1 aromatic heterocycles. The van der Waals surface area contributed by atoms with Crippen LogP contribution in [-0.4, -0.2) is 72.7 Å². The number of amides is 1. The van der Waals surface area contributed by atoms with Gasteiger partial charge in [0, 0.05) is 56.8 Å². The molecule has 1 atom stereocenters. The molecule has 1 N–H and O–H groups in total. The van der Waals surface area contributed by atoms with Crippen molar-refractivity contribution in [2.24, 2.45) is 0 Å². The number of hydrogen-bond acceptors (Lipinski definition) is 6. The van der Waals surface area contributed by atoms with E-state index in [1.807, 2.05) is 23.1 Å². The van der Waals surface area contributed by atoms with Gasteiger partial charge in [-0.15, -0.1) is 11.3 Å². The monoisotopic (exact) mass is 372 g/mol. The lowest BCUT2D eigenvalue weighted by Crippen LogP contribution is -2.54. The van der Waals surface area contributed by atoms with E-state index in [4.69, 9.17) is 9.72 Å². The Morgan fingerprint density at radius 2 is 2.04 bits per heavy atom. The molecule has 4 rings (SSSR count). The van der Waals surface area contributed by atoms with E-state index in [1.165, 1.54) is 5.56 Å². The van der Waals surface area contributed by atoms with Crippen LogP contribution in [0.3, 0.4) is 0 Å². The SMILES string of the molecule is O=C(C1CNCCO1)N1CCN(Cc2csc(-c3ccccc3)n2)CC1. The molecule has 2 saturated heterocycles. The van der Waals surface area contributed by atoms with E-state index in [-0.39, 0.29) is 12.0 Å². The highest BCUT2D eigenvalue weighted by Gasteiger charge is 2.29. The fraction of sp³-hybridized carbons (Fsp3) is 0.474. The van der Waals surface area contributed by atoms with Crippen molar-refractivity contribution in [2.45, 2.75) is 12.6 Å². The molecule has 0 aliphatic carbocycles. The number of nitrogens with zero attached hydrogens (tertiary/aromatic N) is 3. The highest BCUT2D eigenvalue weighted by atomic mass is 32.1. The standard InChI is InChI=1S/C19H24N4O2S/c24-19(17-12-20-6-11-25-17)23-9-7-22(8-10-23)13-16-14-26-18(21-16)15-4-2-1-3-5-15/h1-5,14,17,20H,6-13H2. The highest BCUT2D eigenvalue weighted by Crippen LogP contribution is 2.24. The summed E-state index contributed by atoms with van der Waals surface area (Å²) < 4.78 is 5.58. The number of benzene rings is 1. The number of nitrogens with one attached hydrogen (secondary N) is 1. The van der Waals surface area contributed by atoms with Crippen LogP contribution in [0.25, 0.3) is 10.6 Å². The molecule has 0 bridgehead atoms. The van der Waals surface area contributed by atoms with E-state index in [0.29, 0.717) is 13.2 Å². The molecule has 1 amide bonds. The fourth-order valence-electron chi connectivity index (χ4n) is 3.38. The Kier molecular flexibility index (Phi) is 5.59. The second-order valence-electron chi connectivity index (χ2n) is 6.68. The number of carbonyl (C=O) groups is 1. The van der Waals surface area contributed by atoms with Gasteiger partial charge in [-0.3, -0.25) is 9.69 Å². The number of carbonyl (C=O) groups excluding carboxylic acids is 1. The predicted octanol–water partition coefficient (Wildman–Crippen LogP) is 1.44. The molecule has 2 aromatic rings. The van der Waals surface area contributed by atoms with Gasteiger partial charge in [0.05, 0.1) is 12.3 Å². The Balaban J connectivity index is 1.29. The maximum Gasteiger partial charge on any atom is 0.253 e. The Labute approximate surface area is 157 Å². The van der Waals surface area contributed by atoms with E-state index in [2.05, 4.69) is 27.7 Å². The average molecular weight is 372 g/mol. The molecule has 0 saturated carbocycles. The van der Waals surface area contributed by atoms with Crippen molar-refractivity contribution in [1.29, 1.82) is 0 Å². The lowest BCUT2D eigenvalue weighted by molar-refractivity contribution is -0.147. The minimum absolute atomic E-state index is 0.122. The van der Waals surface area contributed by atoms with Crippen molar-refractivity contribution in [3.63, 3.8) is 0 Å². The third-order valence-electron chi connectivity index (χ3n) is 4.85. The second-order valence-corrected chi connectivity index (χ2v) is 7.53. The van der Waals surface area contributed by atoms with Crippen molar-refractivity contribution in [1.82, 2.24) is 20.1 Å². The Morgan fingerprint density at radius 3 is 2.77 bits per heavy atom. The molecule has 7 heteroatoms. The van der Waals surface area contributed by atoms with Crippen LogP contribution in [0.1, 0.15) is 5.69 Å². The van der Waals surface area contributed by atoms with Gasteiger partial charge in [0.25, 0.3) is 5.91 Å². The smallest absolute Gasteiger partial charge is 0.253 e. The number of aromatic nitrogens is 1. The van der Waals surface area contributed by atoms with E-state index in [9.17, 15) is 4.79 Å². The molecular formula is C19H24N4O2S. The molecule has 1 unspecified atom stereocenters. The van der Waals surface area contributed by atoms with Gasteiger partial charge in [0.15, 0.2) is 0 Å². The van der Waals surface area contributed by atoms with Gasteiger partial charge in [0.1, 0.15) is 11.1 Å². The van der Waals surface area contributed by atoms with Crippen molar-refractivity contribution >= 4 is 17.2 Å². The van der Waals surface area contributed by atoms with Crippen LogP contribution in [-0.2, 0) is 16.1 Å². The van der Waals surface area contributed by atoms with Crippen LogP contribution in [0.5, 0.6) is 0 Å². The van der Waals surface area contributed by atoms with Crippen LogP contribution in [0.4, 0.5) is 0 Å². The summed E-state index contributed by atoms with van der Waals surface area (Å²) >= 11 is 1.69. The summed E-state index contributed by atoms with van der Waals surface area (Å²) in [6, 6.07) is 10.3. The summed E-state index contributed by atoms with van der Waals surface area (Å²) in [6.45, 7) is 6.18. The van der Waals surface area contributed by atoms with Crippen LogP contribution in [0.15, 0.2) is 35.7 Å². The summed E-state index contributed by atoms with van der Waals surface area (Å²) in [4.78, 5) is 21.6. The molecule has 2 fully saturated rings. The first-order valence-electron chi connectivity index (χ1n) is 9.13. The van der Waals surface area contributed by atoms with Crippen molar-refractivity contribution in [3.8, 4) is 10.6 Å². The number of hydrogen-bond donors (Lipinski definition) is 1. The Morgan fingerprint density at radius 1 is 1.23 bits per heavy atom. The molecule has 3 heterocycles. The lowest BCUT2D eigenvalue weighted by Gasteiger charge is -2.36. The summed E-state index contributed by atoms with van der Waals surface area (Å²) in [6.07, 6.45) is -0.317. The third-order valence-corrected chi connectivity index (χ3v) is 5.79. The van der Waals surface area contributed by atoms with E-state index < -0.39 is 0 Å². The second kappa shape index (κ2) is 8.26. The predicted molar refractivity (Wildman–Crippen MR) is 102 cm³/mol. The minimum atomic E-state index is -0.317. The largest absolute Gasteiger partial charge is 0.366 e. The minimum Gasteiger partial charge on any atom is -0.366 e. The van der Waals surface area contributed by atoms with Crippen molar-refractivity contribution < 1.29 is 9.53 Å². The molecule has 1 aromatic carbocycles. The van der Waals surface area contributed by atoms with Crippen LogP contribution < -0.4 is 5.32 Å². The quantitative estimate of drug-likeness (QED) is 0.880. The maximum atomic E-state index is 12.5. The first kappa shape index (κ1) is 17.6. The molecule has 2 aliphatic heterocycles. The Bertz CT molecular complexity index is 722. The summed E-state index contributed by atoms with van der Waals surface area (Å²) in [5.41, 5.74) is 2.27. The molecule has 26 heavy (non-hydrogen) atoms. The van der Waals surface area contributed by atoms with E-state index >= 15 is 0 Å². The number of piperazine rings is 1. The average Bonchev–Trinajstić information content (AvgIpc) is 3.18. The number of ether oxygens (including phenoxy) is 1. The molecule has 2 aliphatic rings. The van der Waals surface area contributed by atoms with Crippen molar-refractivity contribution in [2.75, 3.05) is 45.9 Å². The topological polar surface area (TPSA) is 57.7 Å². The molecule has 138 valence electrons. The van der Waals surface area contributed by atoms with Gasteiger partial charge in [-0.25, -0.2) is 4.98 Å². The third kappa shape index (κ3) is 4.12. The van der Waals surface area contributed by atoms with Gasteiger partial charge in [-0.1, -0.05) is 30.3 Å². The van der Waals surface area contributed by atoms with Gasteiger partial charge in [-0.05, 0) is 0 Å². The Hall–Kier alpha value is -1.80. The summed E-state index contributed by atoms with van der Waals surface area (Å²) in [5.74, 6) is 0.122. The van der Waals surface area contributed by atoms with E-state index in [1.54, 1.807) is 11.3 Å². The van der Waals surface area contributed by atoms with Crippen molar-refractivity contribution in [3.05, 3.63) is 41.4 Å². The summed E-state index contributed by atoms with van der Waals surface area (Å²) in [7, 11) is 0. The van der Waals surface area contributed by atoms with Crippen LogP contribution in [0, 0.1) is 0 Å². The molecular weight excluding hydrogens is 348 g/mol. The summed E-state index contributed by atoms with van der Waals surface area (Å²) in [5, 5.41) is 6.43. The van der Waals surface area contributed by atoms with Crippen LogP contribution in [0.2, 0.25) is 0 Å². The normalized spacial score (nSPS) is 21.7.